The number of benzene rings is 10. The normalized spacial score (nSPS) is 11.7. The van der Waals surface area contributed by atoms with Crippen LogP contribution < -0.4 is 4.90 Å². The highest BCUT2D eigenvalue weighted by Gasteiger charge is 2.22. The molecule has 0 atom stereocenters. The van der Waals surface area contributed by atoms with Gasteiger partial charge in [0.05, 0.1) is 5.69 Å². The molecule has 12 rings (SSSR count). The van der Waals surface area contributed by atoms with Crippen LogP contribution in [0.15, 0.2) is 215 Å². The van der Waals surface area contributed by atoms with Crippen LogP contribution in [-0.4, -0.2) is 4.98 Å². The molecular formula is C55H34N2O2. The summed E-state index contributed by atoms with van der Waals surface area (Å²) in [7, 11) is 0. The van der Waals surface area contributed by atoms with Crippen molar-refractivity contribution in [3.63, 3.8) is 0 Å². The fourth-order valence-corrected chi connectivity index (χ4v) is 8.86. The fraction of sp³-hybridized carbons (Fsp3) is 0. The molecule has 4 heteroatoms. The quantitative estimate of drug-likeness (QED) is 0.159. The van der Waals surface area contributed by atoms with E-state index in [0.29, 0.717) is 5.89 Å². The van der Waals surface area contributed by atoms with E-state index in [1.54, 1.807) is 0 Å². The van der Waals surface area contributed by atoms with Gasteiger partial charge in [0.15, 0.2) is 5.58 Å². The molecule has 0 saturated carbocycles. The van der Waals surface area contributed by atoms with Gasteiger partial charge in [0.2, 0.25) is 5.89 Å². The summed E-state index contributed by atoms with van der Waals surface area (Å²) < 4.78 is 13.3. The number of hydrogen-bond acceptors (Lipinski definition) is 4. The molecule has 0 spiro atoms. The summed E-state index contributed by atoms with van der Waals surface area (Å²) >= 11 is 0. The second-order valence-electron chi connectivity index (χ2n) is 15.1. The van der Waals surface area contributed by atoms with Crippen molar-refractivity contribution in [3.05, 3.63) is 206 Å². The maximum absolute atomic E-state index is 6.77. The van der Waals surface area contributed by atoms with Gasteiger partial charge in [-0.05, 0) is 110 Å². The van der Waals surface area contributed by atoms with E-state index in [0.717, 1.165) is 99.5 Å². The predicted octanol–water partition coefficient (Wildman–Crippen LogP) is 15.7. The van der Waals surface area contributed by atoms with Crippen LogP contribution >= 0.6 is 0 Å². The van der Waals surface area contributed by atoms with Crippen molar-refractivity contribution in [2.75, 3.05) is 4.90 Å². The Hall–Kier alpha value is -7.95. The molecule has 0 bridgehead atoms. The molecule has 12 aromatic rings. The summed E-state index contributed by atoms with van der Waals surface area (Å²) in [5.41, 5.74) is 11.9. The monoisotopic (exact) mass is 754 g/mol. The Labute approximate surface area is 339 Å². The zero-order valence-corrected chi connectivity index (χ0v) is 31.8. The number of furan rings is 1. The molecule has 0 aliphatic carbocycles. The highest BCUT2D eigenvalue weighted by molar-refractivity contribution is 6.22. The van der Waals surface area contributed by atoms with Gasteiger partial charge in [0.1, 0.15) is 16.7 Å². The average molecular weight is 755 g/mol. The summed E-state index contributed by atoms with van der Waals surface area (Å²) in [6, 6.07) is 72.9. The van der Waals surface area contributed by atoms with Gasteiger partial charge in [-0.15, -0.1) is 0 Å². The minimum absolute atomic E-state index is 0.605. The topological polar surface area (TPSA) is 42.4 Å². The average Bonchev–Trinajstić information content (AvgIpc) is 3.91. The molecule has 0 fully saturated rings. The molecule has 276 valence electrons. The van der Waals surface area contributed by atoms with Crippen LogP contribution in [-0.2, 0) is 0 Å². The number of hydrogen-bond donors (Lipinski definition) is 0. The molecular weight excluding hydrogens is 721 g/mol. The number of rotatable bonds is 6. The van der Waals surface area contributed by atoms with Gasteiger partial charge in [0, 0.05) is 44.7 Å². The molecule has 0 aliphatic rings. The van der Waals surface area contributed by atoms with Gasteiger partial charge < -0.3 is 13.7 Å². The molecule has 0 saturated heterocycles. The van der Waals surface area contributed by atoms with Crippen molar-refractivity contribution in [1.29, 1.82) is 0 Å². The Morgan fingerprint density at radius 3 is 1.92 bits per heavy atom. The van der Waals surface area contributed by atoms with E-state index in [-0.39, 0.29) is 0 Å². The van der Waals surface area contributed by atoms with E-state index in [2.05, 4.69) is 169 Å². The van der Waals surface area contributed by atoms with E-state index in [1.807, 2.05) is 42.5 Å². The summed E-state index contributed by atoms with van der Waals surface area (Å²) in [6.45, 7) is 0. The number of anilines is 3. The Bertz CT molecular complexity index is 3570. The lowest BCUT2D eigenvalue weighted by Crippen LogP contribution is -2.11. The summed E-state index contributed by atoms with van der Waals surface area (Å²) in [5.74, 6) is 0.605. The van der Waals surface area contributed by atoms with Crippen molar-refractivity contribution in [2.24, 2.45) is 0 Å². The maximum atomic E-state index is 6.77. The highest BCUT2D eigenvalue weighted by atomic mass is 16.3. The summed E-state index contributed by atoms with van der Waals surface area (Å²) in [6.07, 6.45) is 0. The largest absolute Gasteiger partial charge is 0.456 e. The molecule has 0 N–H and O–H groups in total. The smallest absolute Gasteiger partial charge is 0.227 e. The zero-order valence-electron chi connectivity index (χ0n) is 31.8. The number of oxazole rings is 1. The Morgan fingerprint density at radius 2 is 1.05 bits per heavy atom. The molecule has 0 unspecified atom stereocenters. The third-order valence-corrected chi connectivity index (χ3v) is 11.6. The van der Waals surface area contributed by atoms with Gasteiger partial charge in [-0.1, -0.05) is 133 Å². The van der Waals surface area contributed by atoms with Gasteiger partial charge >= 0.3 is 0 Å². The van der Waals surface area contributed by atoms with Gasteiger partial charge in [0.25, 0.3) is 0 Å². The first-order valence-corrected chi connectivity index (χ1v) is 19.9. The molecule has 0 aliphatic heterocycles. The van der Waals surface area contributed by atoms with Crippen LogP contribution in [0.25, 0.3) is 99.1 Å². The molecule has 2 aromatic heterocycles. The number of aromatic nitrogens is 1. The van der Waals surface area contributed by atoms with Crippen LogP contribution in [0.4, 0.5) is 17.1 Å². The van der Waals surface area contributed by atoms with E-state index < -0.39 is 0 Å². The predicted molar refractivity (Wildman–Crippen MR) is 245 cm³/mol. The van der Waals surface area contributed by atoms with Crippen LogP contribution in [0.2, 0.25) is 0 Å². The third-order valence-electron chi connectivity index (χ3n) is 11.6. The van der Waals surface area contributed by atoms with Gasteiger partial charge in [-0.3, -0.25) is 0 Å². The van der Waals surface area contributed by atoms with Crippen LogP contribution in [0.3, 0.4) is 0 Å². The van der Waals surface area contributed by atoms with Crippen molar-refractivity contribution >= 4 is 82.4 Å². The summed E-state index contributed by atoms with van der Waals surface area (Å²) in [5, 5.41) is 8.94. The maximum Gasteiger partial charge on any atom is 0.227 e. The van der Waals surface area contributed by atoms with Gasteiger partial charge in [-0.25, -0.2) is 4.98 Å². The highest BCUT2D eigenvalue weighted by Crippen LogP contribution is 2.46. The molecule has 4 nitrogen and oxygen atoms in total. The van der Waals surface area contributed by atoms with Crippen molar-refractivity contribution < 1.29 is 8.83 Å². The number of fused-ring (bicyclic) bond motifs is 9. The van der Waals surface area contributed by atoms with Crippen LogP contribution in [0.5, 0.6) is 0 Å². The lowest BCUT2D eigenvalue weighted by Gasteiger charge is -2.28. The number of nitrogens with zero attached hydrogens (tertiary/aromatic N) is 2. The molecule has 59 heavy (non-hydrogen) atoms. The molecule has 2 heterocycles. The van der Waals surface area contributed by atoms with Gasteiger partial charge in [-0.2, -0.15) is 0 Å². The van der Waals surface area contributed by atoms with E-state index in [9.17, 15) is 0 Å². The SMILES string of the molecule is c1ccc(-c2nc3ccc4cc(-c5ccc6ccccc6c5)c5ccc(N(c6ccc7c(c6)oc6ccccc67)c6ccccc6-c6ccccc6)cc5c4c3o2)cc1. The first kappa shape index (κ1) is 33.2. The van der Waals surface area contributed by atoms with E-state index >= 15 is 0 Å². The van der Waals surface area contributed by atoms with Crippen LogP contribution in [0, 0.1) is 0 Å². The first-order valence-electron chi connectivity index (χ1n) is 19.9. The Morgan fingerprint density at radius 1 is 0.373 bits per heavy atom. The van der Waals surface area contributed by atoms with Crippen molar-refractivity contribution in [3.8, 4) is 33.7 Å². The fourth-order valence-electron chi connectivity index (χ4n) is 8.86. The van der Waals surface area contributed by atoms with Crippen molar-refractivity contribution in [2.45, 2.75) is 0 Å². The minimum atomic E-state index is 0.605. The first-order chi connectivity index (χ1) is 29.2. The molecule has 0 amide bonds. The Kier molecular flexibility index (Phi) is 7.50. The Balaban J connectivity index is 1.16. The second-order valence-corrected chi connectivity index (χ2v) is 15.1. The van der Waals surface area contributed by atoms with E-state index in [4.69, 9.17) is 13.8 Å². The lowest BCUT2D eigenvalue weighted by atomic mass is 9.91. The molecule has 10 aromatic carbocycles. The van der Waals surface area contributed by atoms with E-state index in [1.165, 1.54) is 10.8 Å². The zero-order chi connectivity index (χ0) is 38.9. The lowest BCUT2D eigenvalue weighted by molar-refractivity contribution is 0.623. The standard InChI is InChI=1S/C55H34N2O2/c1-3-14-36(15-4-1)43-19-9-11-21-50(43)57(42-27-29-46-45-20-10-12-22-51(45)58-52(46)34-42)41-26-28-44-47(39-24-23-35-13-7-8-18-38(35)31-39)32-40-25-30-49-54(53(40)48(44)33-41)59-55(56-49)37-16-5-2-6-17-37/h1-34H. The van der Waals surface area contributed by atoms with Crippen LogP contribution in [0.1, 0.15) is 0 Å². The second kappa shape index (κ2) is 13.3. The third kappa shape index (κ3) is 5.49. The van der Waals surface area contributed by atoms with Crippen molar-refractivity contribution in [1.82, 2.24) is 4.98 Å². The molecule has 0 radical (unpaired) electrons. The minimum Gasteiger partial charge on any atom is -0.456 e. The summed E-state index contributed by atoms with van der Waals surface area (Å²) in [4.78, 5) is 7.37. The number of para-hydroxylation sites is 2.